The zero-order valence-electron chi connectivity index (χ0n) is 19.6. The van der Waals surface area contributed by atoms with Crippen molar-refractivity contribution in [2.24, 2.45) is 0 Å². The van der Waals surface area contributed by atoms with Gasteiger partial charge in [-0.05, 0) is 48.9 Å². The van der Waals surface area contributed by atoms with Crippen LogP contribution in [0.4, 0.5) is 4.79 Å². The topological polar surface area (TPSA) is 105 Å². The van der Waals surface area contributed by atoms with Gasteiger partial charge >= 0.3 is 12.1 Å². The van der Waals surface area contributed by atoms with Gasteiger partial charge in [-0.25, -0.2) is 9.59 Å². The molecule has 0 saturated carbocycles. The van der Waals surface area contributed by atoms with Crippen molar-refractivity contribution >= 4 is 18.0 Å². The molecular weight excluding hydrogens is 420 g/mol. The molecule has 1 aliphatic carbocycles. The Labute approximate surface area is 194 Å². The highest BCUT2D eigenvalue weighted by atomic mass is 16.5. The Hall–Kier alpha value is -3.35. The SMILES string of the molecule is CCC(CC)(NC(=O)CC(C)(C)NC(=O)OCC1c2ccccc2-c2ccccc21)C(=O)O. The molecule has 0 radical (unpaired) electrons. The largest absolute Gasteiger partial charge is 0.480 e. The van der Waals surface area contributed by atoms with E-state index in [4.69, 9.17) is 4.74 Å². The van der Waals surface area contributed by atoms with Gasteiger partial charge in [0, 0.05) is 17.9 Å². The summed E-state index contributed by atoms with van der Waals surface area (Å²) in [6.07, 6.45) is -0.160. The van der Waals surface area contributed by atoms with Crippen molar-refractivity contribution < 1.29 is 24.2 Å². The van der Waals surface area contributed by atoms with E-state index in [1.165, 1.54) is 0 Å². The van der Waals surface area contributed by atoms with E-state index in [2.05, 4.69) is 22.8 Å². The molecule has 176 valence electrons. The lowest BCUT2D eigenvalue weighted by molar-refractivity contribution is -0.148. The van der Waals surface area contributed by atoms with Gasteiger partial charge in [0.05, 0.1) is 0 Å². The third-order valence-corrected chi connectivity index (χ3v) is 6.38. The molecule has 3 rings (SSSR count). The second kappa shape index (κ2) is 9.65. The van der Waals surface area contributed by atoms with Crippen LogP contribution in [0.1, 0.15) is 64.0 Å². The molecule has 0 aromatic heterocycles. The number of fused-ring (bicyclic) bond motifs is 3. The number of carbonyl (C=O) groups excluding carboxylic acids is 2. The average Bonchev–Trinajstić information content (AvgIpc) is 3.09. The number of aliphatic carboxylic acids is 1. The molecule has 0 saturated heterocycles. The highest BCUT2D eigenvalue weighted by molar-refractivity contribution is 5.87. The maximum absolute atomic E-state index is 12.6. The summed E-state index contributed by atoms with van der Waals surface area (Å²) in [6.45, 7) is 7.02. The molecule has 0 fully saturated rings. The Morgan fingerprint density at radius 1 is 0.909 bits per heavy atom. The van der Waals surface area contributed by atoms with E-state index < -0.39 is 29.0 Å². The van der Waals surface area contributed by atoms with Gasteiger partial charge in [0.15, 0.2) is 0 Å². The van der Waals surface area contributed by atoms with Gasteiger partial charge in [-0.15, -0.1) is 0 Å². The van der Waals surface area contributed by atoms with Crippen molar-refractivity contribution in [1.82, 2.24) is 10.6 Å². The zero-order chi connectivity index (χ0) is 24.2. The van der Waals surface area contributed by atoms with Gasteiger partial charge in [0.1, 0.15) is 12.1 Å². The lowest BCUT2D eigenvalue weighted by Crippen LogP contribution is -2.56. The Morgan fingerprint density at radius 2 is 1.42 bits per heavy atom. The van der Waals surface area contributed by atoms with Crippen molar-refractivity contribution in [2.45, 2.75) is 64.0 Å². The van der Waals surface area contributed by atoms with Gasteiger partial charge in [-0.2, -0.15) is 0 Å². The van der Waals surface area contributed by atoms with E-state index in [1.54, 1.807) is 27.7 Å². The van der Waals surface area contributed by atoms with Crippen molar-refractivity contribution in [1.29, 1.82) is 0 Å². The molecule has 0 bridgehead atoms. The number of hydrogen-bond donors (Lipinski definition) is 3. The lowest BCUT2D eigenvalue weighted by atomic mass is 9.91. The van der Waals surface area contributed by atoms with Crippen molar-refractivity contribution in [3.8, 4) is 11.1 Å². The number of carbonyl (C=O) groups is 3. The number of rotatable bonds is 9. The first-order valence-electron chi connectivity index (χ1n) is 11.3. The normalized spacial score (nSPS) is 13.1. The molecule has 2 amide bonds. The summed E-state index contributed by atoms with van der Waals surface area (Å²) < 4.78 is 5.56. The standard InChI is InChI=1S/C26H32N2O5/c1-5-26(6-2,23(30)31)27-22(29)15-25(3,4)28-24(32)33-16-21-19-13-9-7-11-17(19)18-12-8-10-14-20(18)21/h7-14,21H,5-6,15-16H2,1-4H3,(H,27,29)(H,28,32)(H,30,31). The number of amides is 2. The van der Waals surface area contributed by atoms with Crippen molar-refractivity contribution in [3.05, 3.63) is 59.7 Å². The molecule has 2 aromatic carbocycles. The summed E-state index contributed by atoms with van der Waals surface area (Å²) in [5, 5.41) is 14.9. The number of ether oxygens (including phenoxy) is 1. The summed E-state index contributed by atoms with van der Waals surface area (Å²) in [4.78, 5) is 36.8. The predicted molar refractivity (Wildman–Crippen MR) is 126 cm³/mol. The Kier molecular flexibility index (Phi) is 7.10. The maximum atomic E-state index is 12.6. The minimum Gasteiger partial charge on any atom is -0.480 e. The maximum Gasteiger partial charge on any atom is 0.407 e. The second-order valence-electron chi connectivity index (χ2n) is 9.15. The Bertz CT molecular complexity index is 997. The van der Waals surface area contributed by atoms with Crippen LogP contribution in [0.5, 0.6) is 0 Å². The summed E-state index contributed by atoms with van der Waals surface area (Å²) in [5.41, 5.74) is 2.30. The summed E-state index contributed by atoms with van der Waals surface area (Å²) in [6, 6.07) is 16.2. The number of alkyl carbamates (subject to hydrolysis) is 1. The first-order chi connectivity index (χ1) is 15.6. The molecular formula is C26H32N2O5. The van der Waals surface area contributed by atoms with E-state index in [-0.39, 0.29) is 31.8 Å². The number of nitrogens with one attached hydrogen (secondary N) is 2. The van der Waals surface area contributed by atoms with Crippen LogP contribution >= 0.6 is 0 Å². The molecule has 0 spiro atoms. The summed E-state index contributed by atoms with van der Waals surface area (Å²) >= 11 is 0. The van der Waals surface area contributed by atoms with E-state index >= 15 is 0 Å². The molecule has 0 unspecified atom stereocenters. The predicted octanol–water partition coefficient (Wildman–Crippen LogP) is 4.45. The highest BCUT2D eigenvalue weighted by Crippen LogP contribution is 2.44. The average molecular weight is 453 g/mol. The summed E-state index contributed by atoms with van der Waals surface area (Å²) in [5.74, 6) is -1.56. The van der Waals surface area contributed by atoms with Crippen LogP contribution in [0.15, 0.2) is 48.5 Å². The number of hydrogen-bond acceptors (Lipinski definition) is 4. The third-order valence-electron chi connectivity index (χ3n) is 6.38. The molecule has 7 heteroatoms. The van der Waals surface area contributed by atoms with E-state index in [1.807, 2.05) is 36.4 Å². The monoisotopic (exact) mass is 452 g/mol. The molecule has 2 aromatic rings. The minimum atomic E-state index is -1.31. The first-order valence-corrected chi connectivity index (χ1v) is 11.3. The van der Waals surface area contributed by atoms with Crippen LogP contribution in [0.2, 0.25) is 0 Å². The fraction of sp³-hybridized carbons (Fsp3) is 0.423. The minimum absolute atomic E-state index is 0.0557. The van der Waals surface area contributed by atoms with Crippen LogP contribution in [0.3, 0.4) is 0 Å². The van der Waals surface area contributed by atoms with Gasteiger partial charge in [-0.3, -0.25) is 4.79 Å². The molecule has 0 atom stereocenters. The third kappa shape index (κ3) is 5.18. The number of carboxylic acid groups (broad SMARTS) is 1. The van der Waals surface area contributed by atoms with Crippen molar-refractivity contribution in [3.63, 3.8) is 0 Å². The van der Waals surface area contributed by atoms with Gasteiger partial charge in [0.25, 0.3) is 0 Å². The number of benzene rings is 2. The van der Waals surface area contributed by atoms with E-state index in [9.17, 15) is 19.5 Å². The van der Waals surface area contributed by atoms with Gasteiger partial charge in [-0.1, -0.05) is 62.4 Å². The second-order valence-corrected chi connectivity index (χ2v) is 9.15. The molecule has 0 heterocycles. The Morgan fingerprint density at radius 3 is 1.91 bits per heavy atom. The van der Waals surface area contributed by atoms with E-state index in [0.29, 0.717) is 0 Å². The van der Waals surface area contributed by atoms with Crippen LogP contribution in [0.25, 0.3) is 11.1 Å². The first kappa shape index (κ1) is 24.3. The fourth-order valence-corrected chi connectivity index (χ4v) is 4.45. The smallest absolute Gasteiger partial charge is 0.407 e. The summed E-state index contributed by atoms with van der Waals surface area (Å²) in [7, 11) is 0. The van der Waals surface area contributed by atoms with Crippen molar-refractivity contribution in [2.75, 3.05) is 6.61 Å². The van der Waals surface area contributed by atoms with Crippen LogP contribution in [-0.2, 0) is 14.3 Å². The zero-order valence-corrected chi connectivity index (χ0v) is 19.6. The molecule has 0 aliphatic heterocycles. The van der Waals surface area contributed by atoms with Gasteiger partial charge < -0.3 is 20.5 Å². The highest BCUT2D eigenvalue weighted by Gasteiger charge is 2.38. The fourth-order valence-electron chi connectivity index (χ4n) is 4.45. The van der Waals surface area contributed by atoms with Crippen LogP contribution in [-0.4, -0.2) is 40.8 Å². The Balaban J connectivity index is 1.60. The van der Waals surface area contributed by atoms with Gasteiger partial charge in [0.2, 0.25) is 5.91 Å². The van der Waals surface area contributed by atoms with Crippen LogP contribution < -0.4 is 10.6 Å². The quantitative estimate of drug-likeness (QED) is 0.521. The van der Waals surface area contributed by atoms with Crippen LogP contribution in [0, 0.1) is 0 Å². The number of carboxylic acids is 1. The molecule has 7 nitrogen and oxygen atoms in total. The molecule has 1 aliphatic rings. The molecule has 3 N–H and O–H groups in total. The molecule has 33 heavy (non-hydrogen) atoms. The van der Waals surface area contributed by atoms with E-state index in [0.717, 1.165) is 22.3 Å². The lowest BCUT2D eigenvalue weighted by Gasteiger charge is -2.31.